The summed E-state index contributed by atoms with van der Waals surface area (Å²) in [4.78, 5) is 10.2. The van der Waals surface area contributed by atoms with Gasteiger partial charge in [-0.25, -0.2) is 0 Å². The number of hydrogen-bond acceptors (Lipinski definition) is 6. The molecule has 2 aromatic rings. The highest BCUT2D eigenvalue weighted by molar-refractivity contribution is 5.70. The van der Waals surface area contributed by atoms with E-state index >= 15 is 0 Å². The van der Waals surface area contributed by atoms with Crippen molar-refractivity contribution < 1.29 is 14.4 Å². The van der Waals surface area contributed by atoms with Crippen molar-refractivity contribution in [1.82, 2.24) is 0 Å². The molecule has 7 heteroatoms. The van der Waals surface area contributed by atoms with Gasteiger partial charge in [0, 0.05) is 30.3 Å². The van der Waals surface area contributed by atoms with E-state index in [1.807, 2.05) is 6.07 Å². The van der Waals surface area contributed by atoms with Crippen LogP contribution in [0.15, 0.2) is 36.4 Å². The van der Waals surface area contributed by atoms with Crippen molar-refractivity contribution in [3.8, 4) is 17.6 Å². The van der Waals surface area contributed by atoms with Gasteiger partial charge < -0.3 is 14.8 Å². The zero-order chi connectivity index (χ0) is 16.2. The van der Waals surface area contributed by atoms with Gasteiger partial charge in [0.1, 0.15) is 6.07 Å². The molecular weight excluding hydrogens is 298 g/mol. The van der Waals surface area contributed by atoms with Crippen LogP contribution in [-0.4, -0.2) is 18.1 Å². The summed E-state index contributed by atoms with van der Waals surface area (Å²) >= 11 is 0. The highest BCUT2D eigenvalue weighted by Crippen LogP contribution is 2.34. The number of fused-ring (bicyclic) bond motifs is 1. The second-order valence-electron chi connectivity index (χ2n) is 4.94. The molecule has 0 spiro atoms. The lowest BCUT2D eigenvalue weighted by atomic mass is 10.1. The molecule has 0 aliphatic carbocycles. The molecule has 1 heterocycles. The summed E-state index contributed by atoms with van der Waals surface area (Å²) in [6.07, 6.45) is 0.818. The fourth-order valence-electron chi connectivity index (χ4n) is 2.24. The summed E-state index contributed by atoms with van der Waals surface area (Å²) in [5.41, 5.74) is 1.28. The summed E-state index contributed by atoms with van der Waals surface area (Å²) in [5.74, 6) is 1.31. The Kier molecular flexibility index (Phi) is 3.97. The van der Waals surface area contributed by atoms with E-state index in [1.165, 1.54) is 18.2 Å². The Morgan fingerprint density at radius 3 is 2.65 bits per heavy atom. The SMILES string of the molecule is N#Cc1cc([N+](=O)[O-])ccc1Nc1ccc2c(c1)OCCCO2. The number of nitrogens with one attached hydrogen (secondary N) is 1. The fraction of sp³-hybridized carbons (Fsp3) is 0.188. The largest absolute Gasteiger partial charge is 0.490 e. The van der Waals surface area contributed by atoms with E-state index < -0.39 is 4.92 Å². The Hall–Kier alpha value is -3.27. The quantitative estimate of drug-likeness (QED) is 0.689. The molecular formula is C16H13N3O4. The van der Waals surface area contributed by atoms with Crippen LogP contribution in [0.25, 0.3) is 0 Å². The molecule has 0 amide bonds. The number of nitrogens with zero attached hydrogens (tertiary/aromatic N) is 2. The van der Waals surface area contributed by atoms with Crippen LogP contribution in [0.2, 0.25) is 0 Å². The molecule has 0 aromatic heterocycles. The Balaban J connectivity index is 1.89. The second kappa shape index (κ2) is 6.23. The third kappa shape index (κ3) is 3.16. The van der Waals surface area contributed by atoms with Gasteiger partial charge in [0.2, 0.25) is 0 Å². The van der Waals surface area contributed by atoms with Gasteiger partial charge in [-0.2, -0.15) is 5.26 Å². The number of nitro groups is 1. The summed E-state index contributed by atoms with van der Waals surface area (Å²) in [5, 5.41) is 23.0. The molecule has 1 aliphatic heterocycles. The van der Waals surface area contributed by atoms with Crippen molar-refractivity contribution in [2.75, 3.05) is 18.5 Å². The van der Waals surface area contributed by atoms with Crippen LogP contribution in [-0.2, 0) is 0 Å². The first-order valence-electron chi connectivity index (χ1n) is 7.02. The van der Waals surface area contributed by atoms with E-state index in [1.54, 1.807) is 18.2 Å². The average Bonchev–Trinajstić information content (AvgIpc) is 2.80. The highest BCUT2D eigenvalue weighted by atomic mass is 16.6. The molecule has 1 N–H and O–H groups in total. The predicted octanol–water partition coefficient (Wildman–Crippen LogP) is 3.37. The maximum absolute atomic E-state index is 10.8. The molecule has 0 saturated heterocycles. The second-order valence-corrected chi connectivity index (χ2v) is 4.94. The fourth-order valence-corrected chi connectivity index (χ4v) is 2.24. The number of nitriles is 1. The molecule has 0 saturated carbocycles. The molecule has 7 nitrogen and oxygen atoms in total. The van der Waals surface area contributed by atoms with Crippen LogP contribution >= 0.6 is 0 Å². The van der Waals surface area contributed by atoms with Crippen molar-refractivity contribution in [1.29, 1.82) is 5.26 Å². The Morgan fingerprint density at radius 1 is 1.13 bits per heavy atom. The summed E-state index contributed by atoms with van der Waals surface area (Å²) in [6.45, 7) is 1.19. The Morgan fingerprint density at radius 2 is 1.91 bits per heavy atom. The van der Waals surface area contributed by atoms with E-state index in [0.717, 1.165) is 6.42 Å². The molecule has 1 aliphatic rings. The first-order chi connectivity index (χ1) is 11.2. The third-order valence-corrected chi connectivity index (χ3v) is 3.36. The average molecular weight is 311 g/mol. The number of hydrogen-bond donors (Lipinski definition) is 1. The highest BCUT2D eigenvalue weighted by Gasteiger charge is 2.13. The van der Waals surface area contributed by atoms with Crippen LogP contribution < -0.4 is 14.8 Å². The summed E-state index contributed by atoms with van der Waals surface area (Å²) < 4.78 is 11.2. The van der Waals surface area contributed by atoms with Gasteiger partial charge in [0.15, 0.2) is 11.5 Å². The lowest BCUT2D eigenvalue weighted by Crippen LogP contribution is -1.98. The van der Waals surface area contributed by atoms with Crippen LogP contribution in [0.3, 0.4) is 0 Å². The van der Waals surface area contributed by atoms with Crippen LogP contribution in [0.5, 0.6) is 11.5 Å². The maximum atomic E-state index is 10.8. The molecule has 2 aromatic carbocycles. The van der Waals surface area contributed by atoms with E-state index in [4.69, 9.17) is 9.47 Å². The van der Waals surface area contributed by atoms with Crippen LogP contribution in [0.4, 0.5) is 17.1 Å². The van der Waals surface area contributed by atoms with Crippen LogP contribution in [0.1, 0.15) is 12.0 Å². The smallest absolute Gasteiger partial charge is 0.270 e. The first kappa shape index (κ1) is 14.7. The number of rotatable bonds is 3. The number of benzene rings is 2. The molecule has 0 radical (unpaired) electrons. The number of anilines is 2. The maximum Gasteiger partial charge on any atom is 0.270 e. The Labute approximate surface area is 132 Å². The van der Waals surface area contributed by atoms with Gasteiger partial charge in [-0.15, -0.1) is 0 Å². The monoisotopic (exact) mass is 311 g/mol. The summed E-state index contributed by atoms with van der Waals surface area (Å²) in [7, 11) is 0. The van der Waals surface area contributed by atoms with Crippen molar-refractivity contribution in [2.24, 2.45) is 0 Å². The predicted molar refractivity (Wildman–Crippen MR) is 83.1 cm³/mol. The number of non-ortho nitro benzene ring substituents is 1. The molecule has 0 fully saturated rings. The molecule has 0 bridgehead atoms. The van der Waals surface area contributed by atoms with Gasteiger partial charge >= 0.3 is 0 Å². The normalized spacial score (nSPS) is 12.8. The van der Waals surface area contributed by atoms with Crippen LogP contribution in [0, 0.1) is 21.4 Å². The minimum absolute atomic E-state index is 0.120. The Bertz CT molecular complexity index is 798. The molecule has 116 valence electrons. The topological polar surface area (TPSA) is 97.4 Å². The third-order valence-electron chi connectivity index (χ3n) is 3.36. The van der Waals surface area contributed by atoms with E-state index in [0.29, 0.717) is 36.1 Å². The molecule has 0 atom stereocenters. The first-order valence-corrected chi connectivity index (χ1v) is 7.02. The van der Waals surface area contributed by atoms with Gasteiger partial charge in [0.25, 0.3) is 5.69 Å². The standard InChI is InChI=1S/C16H13N3O4/c17-10-11-8-13(19(20)21)3-4-14(11)18-12-2-5-15-16(9-12)23-7-1-6-22-15/h2-5,8-9,18H,1,6-7H2. The van der Waals surface area contributed by atoms with Crippen molar-refractivity contribution in [2.45, 2.75) is 6.42 Å². The minimum Gasteiger partial charge on any atom is -0.490 e. The van der Waals surface area contributed by atoms with Gasteiger partial charge in [-0.3, -0.25) is 10.1 Å². The van der Waals surface area contributed by atoms with Gasteiger partial charge in [-0.05, 0) is 18.2 Å². The van der Waals surface area contributed by atoms with E-state index in [-0.39, 0.29) is 11.3 Å². The molecule has 23 heavy (non-hydrogen) atoms. The zero-order valence-corrected chi connectivity index (χ0v) is 12.1. The zero-order valence-electron chi connectivity index (χ0n) is 12.1. The van der Waals surface area contributed by atoms with E-state index in [2.05, 4.69) is 5.32 Å². The molecule has 0 unspecified atom stereocenters. The van der Waals surface area contributed by atoms with Crippen molar-refractivity contribution >= 4 is 17.1 Å². The number of nitro benzene ring substituents is 1. The lowest BCUT2D eigenvalue weighted by molar-refractivity contribution is -0.384. The van der Waals surface area contributed by atoms with E-state index in [9.17, 15) is 15.4 Å². The number of ether oxygens (including phenoxy) is 2. The molecule has 3 rings (SSSR count). The van der Waals surface area contributed by atoms with Gasteiger partial charge in [0.05, 0.1) is 29.4 Å². The van der Waals surface area contributed by atoms with Gasteiger partial charge in [-0.1, -0.05) is 0 Å². The lowest BCUT2D eigenvalue weighted by Gasteiger charge is -2.12. The minimum atomic E-state index is -0.530. The summed E-state index contributed by atoms with van der Waals surface area (Å²) in [6, 6.07) is 11.4. The van der Waals surface area contributed by atoms with Crippen molar-refractivity contribution in [3.63, 3.8) is 0 Å². The van der Waals surface area contributed by atoms with Crippen molar-refractivity contribution in [3.05, 3.63) is 52.1 Å².